The van der Waals surface area contributed by atoms with Gasteiger partial charge < -0.3 is 9.32 Å². The second kappa shape index (κ2) is 5.63. The van der Waals surface area contributed by atoms with Crippen molar-refractivity contribution in [2.75, 3.05) is 31.1 Å². The predicted molar refractivity (Wildman–Crippen MR) is 77.7 cm³/mol. The van der Waals surface area contributed by atoms with E-state index < -0.39 is 0 Å². The predicted octanol–water partition coefficient (Wildman–Crippen LogP) is 2.01. The van der Waals surface area contributed by atoms with Crippen LogP contribution in [0.4, 0.5) is 5.82 Å². The zero-order valence-electron chi connectivity index (χ0n) is 12.0. The topological polar surface area (TPSA) is 45.4 Å². The molecule has 5 nitrogen and oxygen atoms in total. The van der Waals surface area contributed by atoms with Gasteiger partial charge in [0.05, 0.1) is 12.7 Å². The summed E-state index contributed by atoms with van der Waals surface area (Å²) < 4.78 is 5.75. The van der Waals surface area contributed by atoms with E-state index in [2.05, 4.69) is 32.8 Å². The van der Waals surface area contributed by atoms with E-state index in [-0.39, 0.29) is 0 Å². The van der Waals surface area contributed by atoms with Crippen LogP contribution in [0.15, 0.2) is 29.1 Å². The third-order valence-electron chi connectivity index (χ3n) is 3.76. The van der Waals surface area contributed by atoms with Crippen LogP contribution in [0.5, 0.6) is 0 Å². The summed E-state index contributed by atoms with van der Waals surface area (Å²) in [7, 11) is 0. The van der Waals surface area contributed by atoms with Crippen LogP contribution in [-0.4, -0.2) is 41.0 Å². The van der Waals surface area contributed by atoms with Crippen LogP contribution in [0.1, 0.15) is 17.1 Å². The Balaban J connectivity index is 1.58. The molecule has 1 saturated heterocycles. The van der Waals surface area contributed by atoms with Gasteiger partial charge in [0, 0.05) is 38.6 Å². The molecule has 2 aromatic heterocycles. The number of aryl methyl sites for hydroxylation is 2. The van der Waals surface area contributed by atoms with E-state index in [9.17, 15) is 0 Å². The fraction of sp³-hybridized carbons (Fsp3) is 0.467. The highest BCUT2D eigenvalue weighted by Crippen LogP contribution is 2.18. The van der Waals surface area contributed by atoms with Crippen molar-refractivity contribution in [1.82, 2.24) is 14.9 Å². The van der Waals surface area contributed by atoms with Gasteiger partial charge in [-0.3, -0.25) is 9.88 Å². The van der Waals surface area contributed by atoms with Gasteiger partial charge in [-0.25, -0.2) is 4.98 Å². The summed E-state index contributed by atoms with van der Waals surface area (Å²) in [6.07, 6.45) is 5.29. The maximum absolute atomic E-state index is 5.75. The second-order valence-corrected chi connectivity index (χ2v) is 5.29. The first-order valence-electron chi connectivity index (χ1n) is 7.01. The Morgan fingerprint density at radius 1 is 1.15 bits per heavy atom. The average molecular weight is 272 g/mol. The lowest BCUT2D eigenvalue weighted by molar-refractivity contribution is 0.228. The van der Waals surface area contributed by atoms with Crippen LogP contribution < -0.4 is 4.90 Å². The molecule has 0 N–H and O–H groups in total. The maximum Gasteiger partial charge on any atom is 0.147 e. The lowest BCUT2D eigenvalue weighted by Crippen LogP contribution is -2.46. The Hall–Kier alpha value is -1.88. The van der Waals surface area contributed by atoms with Crippen LogP contribution in [-0.2, 0) is 6.54 Å². The Morgan fingerprint density at radius 3 is 2.55 bits per heavy atom. The van der Waals surface area contributed by atoms with Gasteiger partial charge in [0.15, 0.2) is 0 Å². The number of nitrogens with zero attached hydrogens (tertiary/aromatic N) is 4. The summed E-state index contributed by atoms with van der Waals surface area (Å²) in [6.45, 7) is 9.03. The van der Waals surface area contributed by atoms with Crippen molar-refractivity contribution < 1.29 is 4.42 Å². The largest absolute Gasteiger partial charge is 0.465 e. The van der Waals surface area contributed by atoms with E-state index >= 15 is 0 Å². The van der Waals surface area contributed by atoms with Crippen molar-refractivity contribution in [3.8, 4) is 0 Å². The summed E-state index contributed by atoms with van der Waals surface area (Å²) in [5.41, 5.74) is 1.25. The molecule has 0 unspecified atom stereocenters. The van der Waals surface area contributed by atoms with Crippen molar-refractivity contribution in [2.45, 2.75) is 20.4 Å². The lowest BCUT2D eigenvalue weighted by Gasteiger charge is -2.34. The van der Waals surface area contributed by atoms with E-state index in [0.717, 1.165) is 50.1 Å². The molecule has 0 amide bonds. The third kappa shape index (κ3) is 2.82. The molecule has 3 heterocycles. The normalized spacial score (nSPS) is 16.6. The van der Waals surface area contributed by atoms with E-state index in [0.29, 0.717) is 0 Å². The van der Waals surface area contributed by atoms with Crippen molar-refractivity contribution >= 4 is 5.82 Å². The highest BCUT2D eigenvalue weighted by atomic mass is 16.3. The first kappa shape index (κ1) is 13.1. The monoisotopic (exact) mass is 272 g/mol. The zero-order valence-corrected chi connectivity index (χ0v) is 12.0. The minimum absolute atomic E-state index is 0.897. The molecule has 3 rings (SSSR count). The molecule has 20 heavy (non-hydrogen) atoms. The molecule has 0 radical (unpaired) electrons. The fourth-order valence-corrected chi connectivity index (χ4v) is 2.64. The van der Waals surface area contributed by atoms with Crippen LogP contribution in [0.3, 0.4) is 0 Å². The first-order chi connectivity index (χ1) is 9.72. The molecule has 0 bridgehead atoms. The lowest BCUT2D eigenvalue weighted by atomic mass is 10.2. The van der Waals surface area contributed by atoms with E-state index in [1.54, 1.807) is 12.4 Å². The Bertz CT molecular complexity index is 559. The molecular weight excluding hydrogens is 252 g/mol. The van der Waals surface area contributed by atoms with Crippen molar-refractivity contribution in [3.05, 3.63) is 41.7 Å². The van der Waals surface area contributed by atoms with Gasteiger partial charge in [0.1, 0.15) is 17.3 Å². The first-order valence-corrected chi connectivity index (χ1v) is 7.01. The van der Waals surface area contributed by atoms with Crippen molar-refractivity contribution in [1.29, 1.82) is 0 Å². The van der Waals surface area contributed by atoms with Crippen LogP contribution in [0, 0.1) is 13.8 Å². The molecule has 1 fully saturated rings. The van der Waals surface area contributed by atoms with Crippen molar-refractivity contribution in [2.24, 2.45) is 0 Å². The molecule has 0 aliphatic carbocycles. The molecule has 0 atom stereocenters. The molecule has 1 aliphatic heterocycles. The van der Waals surface area contributed by atoms with Gasteiger partial charge >= 0.3 is 0 Å². The molecule has 106 valence electrons. The maximum atomic E-state index is 5.75. The quantitative estimate of drug-likeness (QED) is 0.855. The number of rotatable bonds is 3. The molecule has 2 aromatic rings. The van der Waals surface area contributed by atoms with Crippen LogP contribution in [0.25, 0.3) is 0 Å². The second-order valence-electron chi connectivity index (χ2n) is 5.29. The number of hydrogen-bond donors (Lipinski definition) is 0. The van der Waals surface area contributed by atoms with Crippen LogP contribution >= 0.6 is 0 Å². The number of aromatic nitrogens is 2. The number of hydrogen-bond acceptors (Lipinski definition) is 5. The highest BCUT2D eigenvalue weighted by molar-refractivity contribution is 5.35. The Kier molecular flexibility index (Phi) is 3.69. The van der Waals surface area contributed by atoms with Crippen LogP contribution in [0.2, 0.25) is 0 Å². The SMILES string of the molecule is Cc1cc(C)c(CN2CCN(c3cnccn3)CC2)o1. The minimum Gasteiger partial charge on any atom is -0.465 e. The molecule has 0 saturated carbocycles. The standard InChI is InChI=1S/C15H20N4O/c1-12-9-13(2)20-14(12)11-18-5-7-19(8-6-18)15-10-16-3-4-17-15/h3-4,9-10H,5-8,11H2,1-2H3. The summed E-state index contributed by atoms with van der Waals surface area (Å²) in [5.74, 6) is 3.06. The van der Waals surface area contributed by atoms with E-state index in [1.165, 1.54) is 5.56 Å². The smallest absolute Gasteiger partial charge is 0.147 e. The van der Waals surface area contributed by atoms with Gasteiger partial charge in [0.25, 0.3) is 0 Å². The summed E-state index contributed by atoms with van der Waals surface area (Å²) in [6, 6.07) is 2.10. The summed E-state index contributed by atoms with van der Waals surface area (Å²) >= 11 is 0. The summed E-state index contributed by atoms with van der Waals surface area (Å²) in [4.78, 5) is 13.2. The van der Waals surface area contributed by atoms with E-state index in [1.807, 2.05) is 13.1 Å². The van der Waals surface area contributed by atoms with Gasteiger partial charge in [0.2, 0.25) is 0 Å². The highest BCUT2D eigenvalue weighted by Gasteiger charge is 2.19. The molecule has 0 spiro atoms. The molecule has 1 aliphatic rings. The van der Waals surface area contributed by atoms with E-state index in [4.69, 9.17) is 4.42 Å². The number of piperazine rings is 1. The minimum atomic E-state index is 0.897. The van der Waals surface area contributed by atoms with Gasteiger partial charge in [-0.15, -0.1) is 0 Å². The third-order valence-corrected chi connectivity index (χ3v) is 3.76. The summed E-state index contributed by atoms with van der Waals surface area (Å²) in [5, 5.41) is 0. The zero-order chi connectivity index (χ0) is 13.9. The fourth-order valence-electron chi connectivity index (χ4n) is 2.64. The van der Waals surface area contributed by atoms with Gasteiger partial charge in [-0.05, 0) is 25.5 Å². The van der Waals surface area contributed by atoms with Gasteiger partial charge in [-0.2, -0.15) is 0 Å². The van der Waals surface area contributed by atoms with Crippen molar-refractivity contribution in [3.63, 3.8) is 0 Å². The molecule has 0 aromatic carbocycles. The molecular formula is C15H20N4O. The Morgan fingerprint density at radius 2 is 1.95 bits per heavy atom. The average Bonchev–Trinajstić information content (AvgIpc) is 2.79. The number of furan rings is 1. The Labute approximate surface area is 119 Å². The molecule has 5 heteroatoms. The number of anilines is 1. The van der Waals surface area contributed by atoms with Gasteiger partial charge in [-0.1, -0.05) is 0 Å².